The number of nitrogens with zero attached hydrogens (tertiary/aromatic N) is 3. The molecule has 2 fully saturated rings. The van der Waals surface area contributed by atoms with E-state index >= 15 is 0 Å². The van der Waals surface area contributed by atoms with Crippen LogP contribution < -0.4 is 25.0 Å². The molecule has 0 bridgehead atoms. The van der Waals surface area contributed by atoms with Gasteiger partial charge in [-0.15, -0.1) is 24.0 Å². The van der Waals surface area contributed by atoms with Crippen molar-refractivity contribution in [2.75, 3.05) is 51.8 Å². The van der Waals surface area contributed by atoms with Crippen molar-refractivity contribution in [1.82, 2.24) is 15.5 Å². The van der Waals surface area contributed by atoms with E-state index in [0.717, 1.165) is 74.8 Å². The van der Waals surface area contributed by atoms with E-state index in [1.165, 1.54) is 12.8 Å². The Kier molecular flexibility index (Phi) is 11.2. The number of halogens is 1. The lowest BCUT2D eigenvalue weighted by atomic mass is 10.0. The van der Waals surface area contributed by atoms with Crippen LogP contribution in [0.3, 0.4) is 0 Å². The van der Waals surface area contributed by atoms with Crippen molar-refractivity contribution >= 4 is 35.6 Å². The van der Waals surface area contributed by atoms with Gasteiger partial charge in [-0.1, -0.05) is 0 Å². The molecule has 1 heterocycles. The number of piperidine rings is 1. The van der Waals surface area contributed by atoms with Gasteiger partial charge in [-0.25, -0.2) is 0 Å². The minimum atomic E-state index is 0. The number of benzene rings is 1. The van der Waals surface area contributed by atoms with Gasteiger partial charge >= 0.3 is 0 Å². The van der Waals surface area contributed by atoms with Crippen LogP contribution in [0.2, 0.25) is 0 Å². The Morgan fingerprint density at radius 2 is 1.72 bits per heavy atom. The van der Waals surface area contributed by atoms with Crippen LogP contribution in [0.5, 0.6) is 11.5 Å². The van der Waals surface area contributed by atoms with Crippen molar-refractivity contribution in [2.45, 2.75) is 64.6 Å². The Balaban J connectivity index is 0.00000363. The van der Waals surface area contributed by atoms with Crippen molar-refractivity contribution in [3.8, 4) is 11.5 Å². The zero-order valence-electron chi connectivity index (χ0n) is 20.4. The van der Waals surface area contributed by atoms with E-state index in [-0.39, 0.29) is 24.0 Å². The maximum absolute atomic E-state index is 5.43. The van der Waals surface area contributed by atoms with Crippen LogP contribution in [0.25, 0.3) is 0 Å². The lowest BCUT2D eigenvalue weighted by molar-refractivity contribution is 0.218. The van der Waals surface area contributed by atoms with E-state index in [4.69, 9.17) is 14.5 Å². The summed E-state index contributed by atoms with van der Waals surface area (Å²) in [7, 11) is 3.39. The van der Waals surface area contributed by atoms with Gasteiger partial charge in [-0.05, 0) is 46.5 Å². The van der Waals surface area contributed by atoms with Gasteiger partial charge in [0.05, 0.1) is 20.8 Å². The maximum Gasteiger partial charge on any atom is 0.191 e. The molecule has 3 rings (SSSR count). The summed E-state index contributed by atoms with van der Waals surface area (Å²) in [5.41, 5.74) is 1.16. The summed E-state index contributed by atoms with van der Waals surface area (Å²) in [6.45, 7) is 11.5. The highest BCUT2D eigenvalue weighted by Crippen LogP contribution is 2.30. The summed E-state index contributed by atoms with van der Waals surface area (Å²) in [6.07, 6.45) is 4.84. The molecule has 32 heavy (non-hydrogen) atoms. The van der Waals surface area contributed by atoms with E-state index in [0.29, 0.717) is 12.1 Å². The molecule has 7 nitrogen and oxygen atoms in total. The second kappa shape index (κ2) is 13.3. The van der Waals surface area contributed by atoms with E-state index in [9.17, 15) is 0 Å². The van der Waals surface area contributed by atoms with Gasteiger partial charge in [-0.3, -0.25) is 9.89 Å². The molecule has 1 aliphatic carbocycles. The topological polar surface area (TPSA) is 61.4 Å². The second-order valence-electron chi connectivity index (χ2n) is 8.80. The average molecular weight is 560 g/mol. The SMILES string of the molecule is CCNC(=NCCN(C(C)C)C1CC1)NC1CCN(c2cc(OC)cc(OC)c2)CC1.I. The van der Waals surface area contributed by atoms with Crippen molar-refractivity contribution in [2.24, 2.45) is 4.99 Å². The Hall–Kier alpha value is -1.42. The van der Waals surface area contributed by atoms with Gasteiger partial charge in [0.1, 0.15) is 11.5 Å². The highest BCUT2D eigenvalue weighted by Gasteiger charge is 2.30. The molecule has 1 saturated carbocycles. The van der Waals surface area contributed by atoms with Crippen molar-refractivity contribution in [3.05, 3.63) is 18.2 Å². The average Bonchev–Trinajstić information content (AvgIpc) is 3.61. The van der Waals surface area contributed by atoms with E-state index in [2.05, 4.69) is 53.3 Å². The first-order valence-corrected chi connectivity index (χ1v) is 11.8. The predicted octanol–water partition coefficient (Wildman–Crippen LogP) is 3.72. The molecule has 0 radical (unpaired) electrons. The minimum absolute atomic E-state index is 0. The standard InChI is InChI=1S/C24H41N5O2.HI/c1-6-25-24(26-11-14-29(18(2)3)20-7-8-20)27-19-9-12-28(13-10-19)21-15-22(30-4)17-23(16-21)31-5;/h15-20H,6-14H2,1-5H3,(H2,25,26,27);1H. The highest BCUT2D eigenvalue weighted by molar-refractivity contribution is 14.0. The molecule has 1 aromatic carbocycles. The molecule has 0 aromatic heterocycles. The summed E-state index contributed by atoms with van der Waals surface area (Å²) in [4.78, 5) is 9.87. The Morgan fingerprint density at radius 1 is 1.09 bits per heavy atom. The summed E-state index contributed by atoms with van der Waals surface area (Å²) in [6, 6.07) is 7.90. The van der Waals surface area contributed by atoms with Gasteiger partial charge in [0, 0.05) is 68.2 Å². The highest BCUT2D eigenvalue weighted by atomic mass is 127. The van der Waals surface area contributed by atoms with Gasteiger partial charge in [-0.2, -0.15) is 0 Å². The lowest BCUT2D eigenvalue weighted by Crippen LogP contribution is -2.49. The molecule has 1 saturated heterocycles. The van der Waals surface area contributed by atoms with Gasteiger partial charge in [0.2, 0.25) is 0 Å². The van der Waals surface area contributed by atoms with Crippen molar-refractivity contribution in [3.63, 3.8) is 0 Å². The normalized spacial score (nSPS) is 17.3. The van der Waals surface area contributed by atoms with Gasteiger partial charge in [0.25, 0.3) is 0 Å². The van der Waals surface area contributed by atoms with Crippen LogP contribution in [0.15, 0.2) is 23.2 Å². The van der Waals surface area contributed by atoms with Gasteiger partial charge in [0.15, 0.2) is 5.96 Å². The van der Waals surface area contributed by atoms with Crippen LogP contribution in [-0.2, 0) is 0 Å². The van der Waals surface area contributed by atoms with E-state index < -0.39 is 0 Å². The molecule has 0 amide bonds. The lowest BCUT2D eigenvalue weighted by Gasteiger charge is -2.35. The third-order valence-corrected chi connectivity index (χ3v) is 6.19. The first-order chi connectivity index (χ1) is 15.0. The zero-order chi connectivity index (χ0) is 22.2. The van der Waals surface area contributed by atoms with E-state index in [1.54, 1.807) is 14.2 Å². The Bertz CT molecular complexity index is 694. The third kappa shape index (κ3) is 7.86. The molecule has 1 aromatic rings. The fourth-order valence-electron chi connectivity index (χ4n) is 4.32. The molecule has 0 unspecified atom stereocenters. The number of guanidine groups is 1. The number of ether oxygens (including phenoxy) is 2. The summed E-state index contributed by atoms with van der Waals surface area (Å²) in [5.74, 6) is 2.61. The first-order valence-electron chi connectivity index (χ1n) is 11.8. The molecule has 2 N–H and O–H groups in total. The maximum atomic E-state index is 5.43. The summed E-state index contributed by atoms with van der Waals surface area (Å²) in [5, 5.41) is 7.09. The van der Waals surface area contributed by atoms with Crippen molar-refractivity contribution < 1.29 is 9.47 Å². The second-order valence-corrected chi connectivity index (χ2v) is 8.80. The minimum Gasteiger partial charge on any atom is -0.497 e. The van der Waals surface area contributed by atoms with Crippen LogP contribution in [-0.4, -0.2) is 75.9 Å². The van der Waals surface area contributed by atoms with Crippen LogP contribution in [0.4, 0.5) is 5.69 Å². The Morgan fingerprint density at radius 3 is 2.22 bits per heavy atom. The number of methoxy groups -OCH3 is 2. The molecular weight excluding hydrogens is 517 g/mol. The number of aliphatic imine (C=N–C) groups is 1. The Labute approximate surface area is 211 Å². The molecule has 2 aliphatic rings. The molecule has 0 spiro atoms. The molecule has 1 aliphatic heterocycles. The monoisotopic (exact) mass is 559 g/mol. The van der Waals surface area contributed by atoms with Crippen LogP contribution in [0, 0.1) is 0 Å². The fourth-order valence-corrected chi connectivity index (χ4v) is 4.32. The first kappa shape index (κ1) is 26.8. The molecular formula is C24H42IN5O2. The number of hydrogen-bond acceptors (Lipinski definition) is 5. The largest absolute Gasteiger partial charge is 0.497 e. The fraction of sp³-hybridized carbons (Fsp3) is 0.708. The predicted molar refractivity (Wildman–Crippen MR) is 144 cm³/mol. The number of hydrogen-bond donors (Lipinski definition) is 2. The summed E-state index contributed by atoms with van der Waals surface area (Å²) >= 11 is 0. The number of rotatable bonds is 10. The quantitative estimate of drug-likeness (QED) is 0.259. The number of anilines is 1. The third-order valence-electron chi connectivity index (χ3n) is 6.19. The van der Waals surface area contributed by atoms with Crippen molar-refractivity contribution in [1.29, 1.82) is 0 Å². The summed E-state index contributed by atoms with van der Waals surface area (Å²) < 4.78 is 10.9. The zero-order valence-corrected chi connectivity index (χ0v) is 22.7. The van der Waals surface area contributed by atoms with Crippen LogP contribution >= 0.6 is 24.0 Å². The van der Waals surface area contributed by atoms with Gasteiger partial charge < -0.3 is 25.0 Å². The number of nitrogens with one attached hydrogen (secondary N) is 2. The molecule has 182 valence electrons. The van der Waals surface area contributed by atoms with E-state index in [1.807, 2.05) is 6.07 Å². The molecule has 0 atom stereocenters. The smallest absolute Gasteiger partial charge is 0.191 e. The molecule has 8 heteroatoms. The van der Waals surface area contributed by atoms with Crippen LogP contribution in [0.1, 0.15) is 46.5 Å².